The Morgan fingerprint density at radius 2 is 2.00 bits per heavy atom. The van der Waals surface area contributed by atoms with Crippen LogP contribution >= 0.6 is 0 Å². The average molecular weight is 316 g/mol. The quantitative estimate of drug-likeness (QED) is 0.790. The van der Waals surface area contributed by atoms with Gasteiger partial charge in [0.2, 0.25) is 10.0 Å². The lowest BCUT2D eigenvalue weighted by atomic mass is 9.94. The summed E-state index contributed by atoms with van der Waals surface area (Å²) < 4.78 is 31.6. The van der Waals surface area contributed by atoms with Crippen molar-refractivity contribution in [3.63, 3.8) is 0 Å². The number of anilines is 1. The molecule has 0 aromatic carbocycles. The van der Waals surface area contributed by atoms with Crippen LogP contribution in [0.2, 0.25) is 0 Å². The number of aromatic nitrogens is 1. The number of H-pyrrole nitrogens is 1. The Morgan fingerprint density at radius 3 is 2.52 bits per heavy atom. The molecular formula is C14H24N2O4S. The van der Waals surface area contributed by atoms with E-state index in [9.17, 15) is 13.2 Å². The lowest BCUT2D eigenvalue weighted by molar-refractivity contribution is 0.0527. The number of hydrogen-bond acceptors (Lipinski definition) is 4. The lowest BCUT2D eigenvalue weighted by Gasteiger charge is -2.18. The number of nitrogens with one attached hydrogen (secondary N) is 2. The number of carbonyl (C=O) groups is 1. The van der Waals surface area contributed by atoms with E-state index in [-0.39, 0.29) is 29.0 Å². The largest absolute Gasteiger partial charge is 0.462 e. The van der Waals surface area contributed by atoms with Gasteiger partial charge in [-0.05, 0) is 25.7 Å². The molecule has 0 spiro atoms. The Kier molecular flexibility index (Phi) is 5.44. The van der Waals surface area contributed by atoms with Gasteiger partial charge in [0.05, 0.1) is 18.0 Å². The van der Waals surface area contributed by atoms with E-state index in [0.717, 1.165) is 0 Å². The predicted molar refractivity (Wildman–Crippen MR) is 83.0 cm³/mol. The molecule has 1 aromatic rings. The standard InChI is InChI=1S/C14H24N2O4S/c1-6-20-13(17)12-10(2)15-9-11(12)16-21(18,19)8-7-14(3,4)5/h9,15-16H,6-8H2,1-5H3. The first-order chi connectivity index (χ1) is 9.56. The van der Waals surface area contributed by atoms with Crippen molar-refractivity contribution in [3.05, 3.63) is 17.5 Å². The number of hydrogen-bond donors (Lipinski definition) is 2. The van der Waals surface area contributed by atoms with Crippen LogP contribution in [-0.4, -0.2) is 31.7 Å². The molecule has 7 heteroatoms. The molecule has 0 atom stereocenters. The minimum absolute atomic E-state index is 0.00297. The summed E-state index contributed by atoms with van der Waals surface area (Å²) in [5, 5.41) is 0. The minimum Gasteiger partial charge on any atom is -0.462 e. The van der Waals surface area contributed by atoms with E-state index in [2.05, 4.69) is 9.71 Å². The minimum atomic E-state index is -3.50. The van der Waals surface area contributed by atoms with Gasteiger partial charge < -0.3 is 9.72 Å². The van der Waals surface area contributed by atoms with Crippen molar-refractivity contribution >= 4 is 21.7 Å². The number of sulfonamides is 1. The molecule has 0 saturated carbocycles. The van der Waals surface area contributed by atoms with Crippen LogP contribution in [0.15, 0.2) is 6.20 Å². The van der Waals surface area contributed by atoms with Crippen molar-refractivity contribution in [1.82, 2.24) is 4.98 Å². The molecule has 0 unspecified atom stereocenters. The normalized spacial score (nSPS) is 12.2. The van der Waals surface area contributed by atoms with E-state index in [0.29, 0.717) is 12.1 Å². The van der Waals surface area contributed by atoms with Gasteiger partial charge in [-0.2, -0.15) is 0 Å². The summed E-state index contributed by atoms with van der Waals surface area (Å²) in [6.45, 7) is 9.57. The average Bonchev–Trinajstić information content (AvgIpc) is 2.67. The maximum atomic E-state index is 12.1. The van der Waals surface area contributed by atoms with Gasteiger partial charge in [-0.25, -0.2) is 13.2 Å². The van der Waals surface area contributed by atoms with Gasteiger partial charge >= 0.3 is 5.97 Å². The van der Waals surface area contributed by atoms with Crippen LogP contribution < -0.4 is 4.72 Å². The van der Waals surface area contributed by atoms with E-state index >= 15 is 0 Å². The van der Waals surface area contributed by atoms with Crippen LogP contribution in [0, 0.1) is 12.3 Å². The zero-order chi connectivity index (χ0) is 16.3. The zero-order valence-electron chi connectivity index (χ0n) is 13.2. The van der Waals surface area contributed by atoms with E-state index in [4.69, 9.17) is 4.74 Å². The predicted octanol–water partition coefficient (Wildman–Crippen LogP) is 2.68. The van der Waals surface area contributed by atoms with Crippen molar-refractivity contribution in [1.29, 1.82) is 0 Å². The molecule has 0 fully saturated rings. The molecule has 0 aliphatic rings. The Labute approximate surface area is 126 Å². The third-order valence-corrected chi connectivity index (χ3v) is 4.22. The highest BCUT2D eigenvalue weighted by molar-refractivity contribution is 7.92. The van der Waals surface area contributed by atoms with Crippen molar-refractivity contribution in [2.75, 3.05) is 17.1 Å². The zero-order valence-corrected chi connectivity index (χ0v) is 14.1. The first-order valence-corrected chi connectivity index (χ1v) is 8.56. The third-order valence-electron chi connectivity index (χ3n) is 2.94. The lowest BCUT2D eigenvalue weighted by Crippen LogP contribution is -2.22. The molecule has 1 aromatic heterocycles. The first kappa shape index (κ1) is 17.6. The molecule has 120 valence electrons. The second-order valence-corrected chi connectivity index (χ2v) is 8.00. The summed E-state index contributed by atoms with van der Waals surface area (Å²) in [6.07, 6.45) is 2.00. The van der Waals surface area contributed by atoms with Gasteiger partial charge in [0, 0.05) is 11.9 Å². The molecule has 6 nitrogen and oxygen atoms in total. The van der Waals surface area contributed by atoms with Gasteiger partial charge in [-0.1, -0.05) is 20.8 Å². The van der Waals surface area contributed by atoms with Gasteiger partial charge in [-0.15, -0.1) is 0 Å². The van der Waals surface area contributed by atoms with Gasteiger partial charge in [0.15, 0.2) is 0 Å². The van der Waals surface area contributed by atoms with Crippen LogP contribution in [0.1, 0.15) is 50.2 Å². The van der Waals surface area contributed by atoms with E-state index in [1.54, 1.807) is 13.8 Å². The van der Waals surface area contributed by atoms with E-state index in [1.807, 2.05) is 20.8 Å². The molecule has 0 aliphatic carbocycles. The molecular weight excluding hydrogens is 292 g/mol. The third kappa shape index (κ3) is 5.41. The summed E-state index contributed by atoms with van der Waals surface area (Å²) in [5.41, 5.74) is 0.963. The maximum Gasteiger partial charge on any atom is 0.342 e. The Hall–Kier alpha value is -1.50. The number of rotatable bonds is 6. The van der Waals surface area contributed by atoms with E-state index < -0.39 is 16.0 Å². The smallest absolute Gasteiger partial charge is 0.342 e. The highest BCUT2D eigenvalue weighted by Crippen LogP contribution is 2.24. The fraction of sp³-hybridized carbons (Fsp3) is 0.643. The van der Waals surface area contributed by atoms with Gasteiger partial charge in [0.1, 0.15) is 5.56 Å². The molecule has 21 heavy (non-hydrogen) atoms. The highest BCUT2D eigenvalue weighted by Gasteiger charge is 2.23. The van der Waals surface area contributed by atoms with Crippen molar-refractivity contribution in [2.45, 2.75) is 41.0 Å². The molecule has 2 N–H and O–H groups in total. The summed E-state index contributed by atoms with van der Waals surface area (Å²) in [5.74, 6) is -0.534. The van der Waals surface area contributed by atoms with Gasteiger partial charge in [-0.3, -0.25) is 4.72 Å². The second kappa shape index (κ2) is 6.51. The molecule has 0 saturated heterocycles. The fourth-order valence-electron chi connectivity index (χ4n) is 1.73. The Balaban J connectivity index is 2.91. The topological polar surface area (TPSA) is 88.3 Å². The first-order valence-electron chi connectivity index (χ1n) is 6.91. The monoisotopic (exact) mass is 316 g/mol. The second-order valence-electron chi connectivity index (χ2n) is 6.15. The van der Waals surface area contributed by atoms with Crippen LogP contribution in [-0.2, 0) is 14.8 Å². The summed E-state index contributed by atoms with van der Waals surface area (Å²) in [7, 11) is -3.50. The highest BCUT2D eigenvalue weighted by atomic mass is 32.2. The van der Waals surface area contributed by atoms with Crippen LogP contribution in [0.25, 0.3) is 0 Å². The van der Waals surface area contributed by atoms with Crippen molar-refractivity contribution < 1.29 is 17.9 Å². The molecule has 1 rings (SSSR count). The van der Waals surface area contributed by atoms with Crippen LogP contribution in [0.5, 0.6) is 0 Å². The number of esters is 1. The SMILES string of the molecule is CCOC(=O)c1c(NS(=O)(=O)CCC(C)(C)C)c[nH]c1C. The molecule has 0 radical (unpaired) electrons. The number of aromatic amines is 1. The molecule has 0 aliphatic heterocycles. The number of carbonyl (C=O) groups excluding carboxylic acids is 1. The van der Waals surface area contributed by atoms with Crippen molar-refractivity contribution in [3.8, 4) is 0 Å². The summed E-state index contributed by atoms with van der Waals surface area (Å²) in [4.78, 5) is 14.7. The number of ether oxygens (including phenoxy) is 1. The number of aryl methyl sites for hydroxylation is 1. The maximum absolute atomic E-state index is 12.1. The summed E-state index contributed by atoms with van der Waals surface area (Å²) in [6, 6.07) is 0. The van der Waals surface area contributed by atoms with Crippen LogP contribution in [0.4, 0.5) is 5.69 Å². The molecule has 0 bridgehead atoms. The Bertz CT molecular complexity index is 597. The Morgan fingerprint density at radius 1 is 1.38 bits per heavy atom. The molecule has 1 heterocycles. The van der Waals surface area contributed by atoms with E-state index in [1.165, 1.54) is 6.20 Å². The van der Waals surface area contributed by atoms with Crippen LogP contribution in [0.3, 0.4) is 0 Å². The van der Waals surface area contributed by atoms with Crippen molar-refractivity contribution in [2.24, 2.45) is 5.41 Å². The molecule has 0 amide bonds. The summed E-state index contributed by atoms with van der Waals surface area (Å²) >= 11 is 0. The fourth-order valence-corrected chi connectivity index (χ4v) is 3.21. The van der Waals surface area contributed by atoms with Gasteiger partial charge in [0.25, 0.3) is 0 Å².